The molecule has 0 spiro atoms. The zero-order valence-electron chi connectivity index (χ0n) is 49.7. The third kappa shape index (κ3) is 51.4. The van der Waals surface area contributed by atoms with Crippen LogP contribution in [-0.2, 0) is 14.3 Å². The maximum Gasteiger partial charge on any atom is 0.409 e. The van der Waals surface area contributed by atoms with E-state index >= 15 is 0 Å². The first-order chi connectivity index (χ1) is 34.8. The Hall–Kier alpha value is -1.83. The van der Waals surface area contributed by atoms with Crippen LogP contribution >= 0.6 is 0 Å². The van der Waals surface area contributed by atoms with E-state index in [-0.39, 0.29) is 6.09 Å². The number of nitrogens with zero attached hydrogens (tertiary/aromatic N) is 4. The lowest BCUT2D eigenvalue weighted by Crippen LogP contribution is -2.35. The van der Waals surface area contributed by atoms with E-state index in [1.807, 2.05) is 37.7 Å². The molecule has 0 N–H and O–H groups in total. The number of unbranched alkanes of at least 4 members (excludes halogenated alkanes) is 36. The van der Waals surface area contributed by atoms with Crippen LogP contribution in [0.15, 0.2) is 0 Å². The normalized spacial score (nSPS) is 11.2. The van der Waals surface area contributed by atoms with Crippen molar-refractivity contribution in [1.82, 2.24) is 19.6 Å². The van der Waals surface area contributed by atoms with E-state index in [0.717, 1.165) is 136 Å². The van der Waals surface area contributed by atoms with Crippen molar-refractivity contribution in [2.75, 3.05) is 66.5 Å². The Morgan fingerprint density at radius 3 is 0.732 bits per heavy atom. The first kappa shape index (κ1) is 71.2. The molecule has 0 saturated heterocycles. The molecule has 0 saturated carbocycles. The van der Waals surface area contributed by atoms with Crippen molar-refractivity contribution in [2.45, 2.75) is 324 Å². The predicted octanol–water partition coefficient (Wildman–Crippen LogP) is 18.9. The van der Waals surface area contributed by atoms with Crippen LogP contribution in [0.1, 0.15) is 324 Å². The predicted molar refractivity (Wildman–Crippen MR) is 312 cm³/mol. The second-order valence-electron chi connectivity index (χ2n) is 21.6. The summed E-state index contributed by atoms with van der Waals surface area (Å²) in [4.78, 5) is 48.5. The van der Waals surface area contributed by atoms with Crippen LogP contribution in [0.5, 0.6) is 0 Å². The molecule has 0 aromatic rings. The van der Waals surface area contributed by atoms with Crippen LogP contribution < -0.4 is 0 Å². The summed E-state index contributed by atoms with van der Waals surface area (Å²) in [5.41, 5.74) is 0. The number of carbonyl (C=O) groups excluding carboxylic acids is 3. The minimum atomic E-state index is -0.186. The van der Waals surface area contributed by atoms with Gasteiger partial charge in [-0.25, -0.2) is 4.79 Å². The molecule has 3 amide bonds. The lowest BCUT2D eigenvalue weighted by atomic mass is 10.1. The monoisotopic (exact) mass is 1000 g/mol. The van der Waals surface area contributed by atoms with Gasteiger partial charge in [0.1, 0.15) is 6.61 Å². The molecule has 0 radical (unpaired) electrons. The Morgan fingerprint density at radius 2 is 0.493 bits per heavy atom. The maximum atomic E-state index is 13.5. The van der Waals surface area contributed by atoms with Gasteiger partial charge in [0.25, 0.3) is 0 Å². The van der Waals surface area contributed by atoms with Gasteiger partial charge in [0.15, 0.2) is 0 Å². The summed E-state index contributed by atoms with van der Waals surface area (Å²) in [6.07, 6.45) is 53.1. The average molecular weight is 1010 g/mol. The molecule has 0 aromatic heterocycles. The number of hydrogen-bond acceptors (Lipinski definition) is 5. The summed E-state index contributed by atoms with van der Waals surface area (Å²) in [7, 11) is 4.01. The van der Waals surface area contributed by atoms with Crippen molar-refractivity contribution in [1.29, 1.82) is 0 Å². The molecule has 8 nitrogen and oxygen atoms in total. The maximum absolute atomic E-state index is 13.5. The second kappa shape index (κ2) is 59.1. The Balaban J connectivity index is 0. The topological polar surface area (TPSA) is 73.4 Å². The second-order valence-corrected chi connectivity index (χ2v) is 21.6. The molecular formula is C63H128N4O4. The Bertz CT molecular complexity index is 978. The van der Waals surface area contributed by atoms with Gasteiger partial charge in [-0.15, -0.1) is 0 Å². The highest BCUT2D eigenvalue weighted by atomic mass is 16.6. The fourth-order valence-corrected chi connectivity index (χ4v) is 9.70. The van der Waals surface area contributed by atoms with Gasteiger partial charge in [-0.2, -0.15) is 0 Å². The van der Waals surface area contributed by atoms with Crippen LogP contribution in [0.4, 0.5) is 4.79 Å². The molecule has 424 valence electrons. The van der Waals surface area contributed by atoms with E-state index in [1.54, 1.807) is 0 Å². The highest BCUT2D eigenvalue weighted by Gasteiger charge is 2.17. The smallest absolute Gasteiger partial charge is 0.409 e. The summed E-state index contributed by atoms with van der Waals surface area (Å²) in [5.74, 6) is 0.730. The largest absolute Gasteiger partial charge is 0.448 e. The number of amides is 3. The number of rotatable bonds is 55. The van der Waals surface area contributed by atoms with Gasteiger partial charge in [-0.1, -0.05) is 260 Å². The third-order valence-electron chi connectivity index (χ3n) is 14.5. The van der Waals surface area contributed by atoms with Crippen molar-refractivity contribution < 1.29 is 19.1 Å². The minimum absolute atomic E-state index is 0.186. The van der Waals surface area contributed by atoms with E-state index in [2.05, 4.69) is 37.5 Å². The molecule has 0 aliphatic heterocycles. The Labute approximate surface area is 445 Å². The standard InChI is InChI=1S/C61H122N4O4.C2H6/c1-7-11-15-19-23-27-35-43-51-63(52-44-36-28-24-20-16-12-8-2)59(66)49-41-33-31-39-47-55-65(61(68)69-58-57-62(5)6)56-48-40-32-34-42-50-60(67)64(53-45-37-29-25-21-17-13-9-3)54-46-38-30-26-22-18-14-10-4;1-2/h7-58H2,1-6H3;1-2H3. The Kier molecular flexibility index (Phi) is 59.3. The molecule has 0 unspecified atom stereocenters. The summed E-state index contributed by atoms with van der Waals surface area (Å²) in [5, 5.41) is 0. The SMILES string of the molecule is CC.CCCCCCCCCCN(CCCCCCCCCC)C(=O)CCCCCCCN(CCCCCCCC(=O)N(CCCCCCCCCC)CCCCCCCCCC)C(=O)OCCN(C)C. The first-order valence-electron chi connectivity index (χ1n) is 31.9. The highest BCUT2D eigenvalue weighted by molar-refractivity contribution is 5.76. The molecule has 0 fully saturated rings. The van der Waals surface area contributed by atoms with Gasteiger partial charge in [0, 0.05) is 58.7 Å². The highest BCUT2D eigenvalue weighted by Crippen LogP contribution is 2.17. The molecule has 0 heterocycles. The first-order valence-corrected chi connectivity index (χ1v) is 31.9. The van der Waals surface area contributed by atoms with Crippen LogP contribution in [0.25, 0.3) is 0 Å². The minimum Gasteiger partial charge on any atom is -0.448 e. The molecule has 0 atom stereocenters. The van der Waals surface area contributed by atoms with E-state index in [4.69, 9.17) is 4.74 Å². The summed E-state index contributed by atoms with van der Waals surface area (Å²) < 4.78 is 5.71. The molecule has 0 rings (SSSR count). The van der Waals surface area contributed by atoms with E-state index in [9.17, 15) is 14.4 Å². The molecular weight excluding hydrogens is 877 g/mol. The molecule has 0 bridgehead atoms. The van der Waals surface area contributed by atoms with Gasteiger partial charge < -0.3 is 24.3 Å². The molecule has 0 aromatic carbocycles. The zero-order valence-corrected chi connectivity index (χ0v) is 49.7. The zero-order chi connectivity index (χ0) is 52.5. The summed E-state index contributed by atoms with van der Waals surface area (Å²) in [6.45, 7) is 19.4. The molecule has 0 aliphatic rings. The Morgan fingerprint density at radius 1 is 0.282 bits per heavy atom. The fraction of sp³-hybridized carbons (Fsp3) is 0.952. The van der Waals surface area contributed by atoms with Crippen molar-refractivity contribution in [2.24, 2.45) is 0 Å². The van der Waals surface area contributed by atoms with E-state index in [0.29, 0.717) is 31.3 Å². The quantitative estimate of drug-likeness (QED) is 0.0568. The van der Waals surface area contributed by atoms with E-state index < -0.39 is 0 Å². The van der Waals surface area contributed by atoms with Gasteiger partial charge in [0.05, 0.1) is 0 Å². The third-order valence-corrected chi connectivity index (χ3v) is 14.5. The van der Waals surface area contributed by atoms with Crippen molar-refractivity contribution in [3.63, 3.8) is 0 Å². The van der Waals surface area contributed by atoms with Crippen molar-refractivity contribution in [3.8, 4) is 0 Å². The number of likely N-dealkylation sites (N-methyl/N-ethyl adjacent to an activating group) is 1. The summed E-state index contributed by atoms with van der Waals surface area (Å²) in [6, 6.07) is 0. The van der Waals surface area contributed by atoms with Crippen molar-refractivity contribution in [3.05, 3.63) is 0 Å². The van der Waals surface area contributed by atoms with Crippen molar-refractivity contribution >= 4 is 17.9 Å². The van der Waals surface area contributed by atoms with Gasteiger partial charge >= 0.3 is 6.09 Å². The fourth-order valence-electron chi connectivity index (χ4n) is 9.70. The molecule has 0 aliphatic carbocycles. The van der Waals surface area contributed by atoms with Gasteiger partial charge in [0.2, 0.25) is 11.8 Å². The van der Waals surface area contributed by atoms with Crippen LogP contribution in [-0.4, -0.2) is 104 Å². The van der Waals surface area contributed by atoms with Crippen LogP contribution in [0.3, 0.4) is 0 Å². The van der Waals surface area contributed by atoms with Gasteiger partial charge in [-0.3, -0.25) is 9.59 Å². The molecule has 8 heteroatoms. The number of ether oxygens (including phenoxy) is 1. The average Bonchev–Trinajstić information content (AvgIpc) is 3.37. The number of hydrogen-bond donors (Lipinski definition) is 0. The molecule has 71 heavy (non-hydrogen) atoms. The van der Waals surface area contributed by atoms with Crippen LogP contribution in [0.2, 0.25) is 0 Å². The summed E-state index contributed by atoms with van der Waals surface area (Å²) >= 11 is 0. The van der Waals surface area contributed by atoms with Gasteiger partial charge in [-0.05, 0) is 65.5 Å². The number of carbonyl (C=O) groups is 3. The lowest BCUT2D eigenvalue weighted by Gasteiger charge is -2.23. The van der Waals surface area contributed by atoms with E-state index in [1.165, 1.54) is 180 Å². The van der Waals surface area contributed by atoms with Crippen LogP contribution in [0, 0.1) is 0 Å². The lowest BCUT2D eigenvalue weighted by molar-refractivity contribution is -0.132.